The molecule has 1 aliphatic carbocycles. The zero-order chi connectivity index (χ0) is 19.1. The van der Waals surface area contributed by atoms with Gasteiger partial charge in [0.15, 0.2) is 10.3 Å². The number of rotatable bonds is 8. The Labute approximate surface area is 171 Å². The van der Waals surface area contributed by atoms with Gasteiger partial charge in [-0.25, -0.2) is 0 Å². The van der Waals surface area contributed by atoms with Crippen LogP contribution in [0.2, 0.25) is 0 Å². The molecule has 146 valence electrons. The third kappa shape index (κ3) is 5.45. The minimum atomic E-state index is 0.583. The molecular weight excluding hydrogens is 374 g/mol. The summed E-state index contributed by atoms with van der Waals surface area (Å²) in [5.74, 6) is 1.11. The van der Waals surface area contributed by atoms with E-state index in [2.05, 4.69) is 62.8 Å². The van der Waals surface area contributed by atoms with Crippen molar-refractivity contribution in [2.75, 3.05) is 18.1 Å². The lowest BCUT2D eigenvalue weighted by molar-refractivity contribution is 0.460. The highest BCUT2D eigenvalue weighted by Crippen LogP contribution is 2.33. The van der Waals surface area contributed by atoms with E-state index in [1.807, 2.05) is 0 Å². The second-order valence-electron chi connectivity index (χ2n) is 6.95. The van der Waals surface area contributed by atoms with Crippen molar-refractivity contribution in [3.8, 4) is 0 Å². The van der Waals surface area contributed by atoms with Crippen LogP contribution in [0, 0.1) is 0 Å². The first-order chi connectivity index (χ1) is 13.2. The highest BCUT2D eigenvalue weighted by molar-refractivity contribution is 7.98. The van der Waals surface area contributed by atoms with E-state index in [4.69, 9.17) is 12.2 Å². The van der Waals surface area contributed by atoms with E-state index < -0.39 is 0 Å². The van der Waals surface area contributed by atoms with Crippen molar-refractivity contribution in [1.29, 1.82) is 0 Å². The number of aryl methyl sites for hydroxylation is 2. The van der Waals surface area contributed by atoms with Crippen LogP contribution in [0.4, 0.5) is 5.69 Å². The largest absolute Gasteiger partial charge is 0.362 e. The molecule has 2 N–H and O–H groups in total. The van der Waals surface area contributed by atoms with E-state index in [-0.39, 0.29) is 0 Å². The summed E-state index contributed by atoms with van der Waals surface area (Å²) in [5.41, 5.74) is 2.35. The molecular formula is C20H29N5S2. The van der Waals surface area contributed by atoms with Crippen LogP contribution >= 0.6 is 24.0 Å². The molecule has 27 heavy (non-hydrogen) atoms. The van der Waals surface area contributed by atoms with Gasteiger partial charge in [0.2, 0.25) is 0 Å². The van der Waals surface area contributed by atoms with E-state index in [0.717, 1.165) is 42.5 Å². The number of hydrogen-bond donors (Lipinski definition) is 2. The van der Waals surface area contributed by atoms with Crippen molar-refractivity contribution in [2.45, 2.75) is 63.1 Å². The van der Waals surface area contributed by atoms with Crippen molar-refractivity contribution in [1.82, 2.24) is 20.1 Å². The van der Waals surface area contributed by atoms with E-state index in [1.165, 1.54) is 31.2 Å². The summed E-state index contributed by atoms with van der Waals surface area (Å²) >= 11 is 7.10. The molecule has 0 amide bonds. The van der Waals surface area contributed by atoms with Crippen molar-refractivity contribution < 1.29 is 0 Å². The molecule has 2 aromatic rings. The Morgan fingerprint density at radius 1 is 1.22 bits per heavy atom. The summed E-state index contributed by atoms with van der Waals surface area (Å²) in [5, 5.41) is 17.1. The van der Waals surface area contributed by atoms with E-state index in [9.17, 15) is 0 Å². The fourth-order valence-electron chi connectivity index (χ4n) is 3.59. The fourth-order valence-corrected chi connectivity index (χ4v) is 4.39. The molecule has 3 rings (SSSR count). The lowest BCUT2D eigenvalue weighted by Crippen LogP contribution is -2.29. The van der Waals surface area contributed by atoms with Crippen LogP contribution in [0.15, 0.2) is 29.4 Å². The zero-order valence-corrected chi connectivity index (χ0v) is 17.8. The fraction of sp³-hybridized carbons (Fsp3) is 0.550. The standard InChI is InChI=1S/C20H29N5S2/c1-3-15-10-12-16(13-11-15)22-19(26)21-14-6-9-18-23-24-20(27-2)25(18)17-7-4-5-8-17/h10-13,17H,3-9,14H2,1-2H3,(H2,21,22,26). The maximum atomic E-state index is 5.40. The molecule has 0 atom stereocenters. The quantitative estimate of drug-likeness (QED) is 0.382. The molecule has 0 aliphatic heterocycles. The minimum Gasteiger partial charge on any atom is -0.362 e. The normalized spacial score (nSPS) is 14.4. The first-order valence-corrected chi connectivity index (χ1v) is 11.5. The minimum absolute atomic E-state index is 0.583. The van der Waals surface area contributed by atoms with Gasteiger partial charge in [-0.3, -0.25) is 0 Å². The van der Waals surface area contributed by atoms with Gasteiger partial charge in [0.05, 0.1) is 0 Å². The molecule has 0 radical (unpaired) electrons. The highest BCUT2D eigenvalue weighted by atomic mass is 32.2. The Morgan fingerprint density at radius 2 is 1.96 bits per heavy atom. The lowest BCUT2D eigenvalue weighted by atomic mass is 10.1. The number of thiocarbonyl (C=S) groups is 1. The van der Waals surface area contributed by atoms with Crippen LogP contribution in [0.1, 0.15) is 56.5 Å². The Hall–Kier alpha value is -1.60. The number of nitrogens with zero attached hydrogens (tertiary/aromatic N) is 3. The van der Waals surface area contributed by atoms with Gasteiger partial charge >= 0.3 is 0 Å². The van der Waals surface area contributed by atoms with Crippen LogP contribution in [-0.2, 0) is 12.8 Å². The first-order valence-electron chi connectivity index (χ1n) is 9.82. The molecule has 1 saturated carbocycles. The molecule has 5 nitrogen and oxygen atoms in total. The molecule has 1 aliphatic rings. The molecule has 1 heterocycles. The van der Waals surface area contributed by atoms with Crippen LogP contribution < -0.4 is 10.6 Å². The van der Waals surface area contributed by atoms with E-state index >= 15 is 0 Å². The molecule has 0 unspecified atom stereocenters. The average Bonchev–Trinajstić information content (AvgIpc) is 3.35. The summed E-state index contributed by atoms with van der Waals surface area (Å²) in [7, 11) is 0. The second kappa shape index (κ2) is 10.1. The number of anilines is 1. The van der Waals surface area contributed by atoms with Crippen LogP contribution in [0.25, 0.3) is 0 Å². The predicted octanol–water partition coefficient (Wildman–Crippen LogP) is 4.60. The summed E-state index contributed by atoms with van der Waals surface area (Å²) in [6.07, 6.45) is 10.2. The van der Waals surface area contributed by atoms with Gasteiger partial charge in [0.1, 0.15) is 5.82 Å². The van der Waals surface area contributed by atoms with Gasteiger partial charge in [-0.2, -0.15) is 0 Å². The molecule has 1 aromatic carbocycles. The van der Waals surface area contributed by atoms with Crippen LogP contribution in [0.3, 0.4) is 0 Å². The topological polar surface area (TPSA) is 54.8 Å². The highest BCUT2D eigenvalue weighted by Gasteiger charge is 2.23. The van der Waals surface area contributed by atoms with Gasteiger partial charge < -0.3 is 15.2 Å². The molecule has 1 aromatic heterocycles. The number of hydrogen-bond acceptors (Lipinski definition) is 4. The SMILES string of the molecule is CCc1ccc(NC(=S)NCCCc2nnc(SC)n2C2CCCC2)cc1. The maximum Gasteiger partial charge on any atom is 0.191 e. The van der Waals surface area contributed by atoms with E-state index in [0.29, 0.717) is 11.2 Å². The molecule has 0 bridgehead atoms. The third-order valence-electron chi connectivity index (χ3n) is 5.09. The van der Waals surface area contributed by atoms with Gasteiger partial charge in [0.25, 0.3) is 0 Å². The van der Waals surface area contributed by atoms with Crippen molar-refractivity contribution in [3.05, 3.63) is 35.7 Å². The summed E-state index contributed by atoms with van der Waals surface area (Å²) in [6, 6.07) is 8.98. The number of benzene rings is 1. The Bertz CT molecular complexity index is 735. The molecule has 1 fully saturated rings. The Kier molecular flexibility index (Phi) is 7.52. The van der Waals surface area contributed by atoms with Crippen LogP contribution in [0.5, 0.6) is 0 Å². The van der Waals surface area contributed by atoms with Gasteiger partial charge in [-0.15, -0.1) is 10.2 Å². The van der Waals surface area contributed by atoms with Crippen molar-refractivity contribution in [2.24, 2.45) is 0 Å². The number of thioether (sulfide) groups is 1. The summed E-state index contributed by atoms with van der Waals surface area (Å²) in [6.45, 7) is 2.98. The lowest BCUT2D eigenvalue weighted by Gasteiger charge is -2.16. The molecule has 7 heteroatoms. The van der Waals surface area contributed by atoms with E-state index in [1.54, 1.807) is 11.8 Å². The zero-order valence-electron chi connectivity index (χ0n) is 16.2. The number of nitrogens with one attached hydrogen (secondary N) is 2. The van der Waals surface area contributed by atoms with Gasteiger partial charge in [-0.1, -0.05) is 43.7 Å². The maximum absolute atomic E-state index is 5.40. The van der Waals surface area contributed by atoms with Gasteiger partial charge in [0, 0.05) is 24.7 Å². The van der Waals surface area contributed by atoms with Crippen LogP contribution in [-0.4, -0.2) is 32.7 Å². The Morgan fingerprint density at radius 3 is 2.63 bits per heavy atom. The summed E-state index contributed by atoms with van der Waals surface area (Å²) in [4.78, 5) is 0. The molecule has 0 spiro atoms. The average molecular weight is 404 g/mol. The molecule has 0 saturated heterocycles. The van der Waals surface area contributed by atoms with Crippen molar-refractivity contribution >= 4 is 34.8 Å². The smallest absolute Gasteiger partial charge is 0.191 e. The number of aromatic nitrogens is 3. The third-order valence-corrected chi connectivity index (χ3v) is 5.98. The monoisotopic (exact) mass is 403 g/mol. The first kappa shape index (κ1) is 20.1. The second-order valence-corrected chi connectivity index (χ2v) is 8.13. The summed E-state index contributed by atoms with van der Waals surface area (Å²) < 4.78 is 2.38. The van der Waals surface area contributed by atoms with Gasteiger partial charge in [-0.05, 0) is 61.9 Å². The van der Waals surface area contributed by atoms with Crippen molar-refractivity contribution in [3.63, 3.8) is 0 Å². The Balaban J connectivity index is 1.45. The predicted molar refractivity (Wildman–Crippen MR) is 118 cm³/mol.